The number of nitrogens with one attached hydrogen (secondary N) is 1. The first-order valence-corrected chi connectivity index (χ1v) is 7.05. The van der Waals surface area contributed by atoms with Crippen molar-refractivity contribution in [2.45, 2.75) is 32.2 Å². The largest absolute Gasteiger partial charge is 0.458 e. The van der Waals surface area contributed by atoms with Crippen LogP contribution >= 0.6 is 20.2 Å². The molecule has 9 heteroatoms. The minimum absolute atomic E-state index is 0.803. The summed E-state index contributed by atoms with van der Waals surface area (Å²) >= 11 is 3.46. The minimum Gasteiger partial charge on any atom is -0.458 e. The highest BCUT2D eigenvalue weighted by atomic mass is 32.1. The number of esters is 1. The standard InChI is InChI=1S/C9H18NO6PS/c1-9(2,3)16-7(11)6(10-8(12)18)17(13,14-4)15-5/h6H,1-5H3,(H2,10,12,18). The first-order chi connectivity index (χ1) is 8.05. The van der Waals surface area contributed by atoms with Gasteiger partial charge in [0.2, 0.25) is 5.78 Å². The molecular weight excluding hydrogens is 281 g/mol. The molecule has 0 fully saturated rings. The van der Waals surface area contributed by atoms with Gasteiger partial charge in [0, 0.05) is 14.2 Å². The molecule has 0 aliphatic heterocycles. The third-order valence-electron chi connectivity index (χ3n) is 1.72. The summed E-state index contributed by atoms with van der Waals surface area (Å²) in [5, 5.41) is 1.24. The van der Waals surface area contributed by atoms with E-state index in [4.69, 9.17) is 4.74 Å². The van der Waals surface area contributed by atoms with Gasteiger partial charge in [0.05, 0.1) is 0 Å². The van der Waals surface area contributed by atoms with E-state index in [0.717, 1.165) is 14.2 Å². The van der Waals surface area contributed by atoms with Gasteiger partial charge in [-0.1, -0.05) is 12.6 Å². The van der Waals surface area contributed by atoms with E-state index in [0.29, 0.717) is 0 Å². The number of hydrogen-bond donors (Lipinski definition) is 2. The SMILES string of the molecule is COP(=O)(OC)C(NC(=O)S)C(=O)OC(C)(C)C. The molecule has 0 aromatic rings. The van der Waals surface area contributed by atoms with Crippen molar-refractivity contribution in [3.8, 4) is 0 Å². The molecular formula is C9H18NO6PS. The average Bonchev–Trinajstić information content (AvgIpc) is 2.22. The third-order valence-corrected chi connectivity index (χ3v) is 3.83. The van der Waals surface area contributed by atoms with Crippen LogP contribution in [0.25, 0.3) is 0 Å². The molecule has 1 amide bonds. The highest BCUT2D eigenvalue weighted by Gasteiger charge is 2.43. The molecule has 0 saturated heterocycles. The molecule has 0 aliphatic carbocycles. The summed E-state index contributed by atoms with van der Waals surface area (Å²) < 4.78 is 26.5. The molecule has 18 heavy (non-hydrogen) atoms. The lowest BCUT2D eigenvalue weighted by Crippen LogP contribution is -2.42. The second-order valence-corrected chi connectivity index (χ2v) is 7.02. The molecule has 1 atom stereocenters. The molecule has 0 spiro atoms. The Hall–Kier alpha value is -0.560. The van der Waals surface area contributed by atoms with Gasteiger partial charge in [-0.25, -0.2) is 4.79 Å². The molecule has 0 heterocycles. The van der Waals surface area contributed by atoms with Crippen LogP contribution in [0.5, 0.6) is 0 Å². The van der Waals surface area contributed by atoms with Crippen LogP contribution in [-0.2, 0) is 23.1 Å². The second kappa shape index (κ2) is 6.56. The summed E-state index contributed by atoms with van der Waals surface area (Å²) in [6.07, 6.45) is 0. The quantitative estimate of drug-likeness (QED) is 0.457. The summed E-state index contributed by atoms with van der Waals surface area (Å²) in [4.78, 5) is 22.8. The van der Waals surface area contributed by atoms with Crippen molar-refractivity contribution in [3.63, 3.8) is 0 Å². The van der Waals surface area contributed by atoms with Crippen molar-refractivity contribution in [2.24, 2.45) is 0 Å². The van der Waals surface area contributed by atoms with Crippen LogP contribution < -0.4 is 5.32 Å². The molecule has 0 aromatic heterocycles. The highest BCUT2D eigenvalue weighted by Crippen LogP contribution is 2.51. The average molecular weight is 299 g/mol. The predicted molar refractivity (Wildman–Crippen MR) is 68.8 cm³/mol. The lowest BCUT2D eigenvalue weighted by Gasteiger charge is -2.27. The third kappa shape index (κ3) is 5.39. The summed E-state index contributed by atoms with van der Waals surface area (Å²) in [6, 6.07) is 0. The maximum Gasteiger partial charge on any atom is 0.363 e. The number of carbonyl (C=O) groups excluding carboxylic acids is 2. The Morgan fingerprint density at radius 2 is 1.67 bits per heavy atom. The fourth-order valence-electron chi connectivity index (χ4n) is 1.03. The van der Waals surface area contributed by atoms with Gasteiger partial charge in [0.25, 0.3) is 5.24 Å². The van der Waals surface area contributed by atoms with Crippen LogP contribution in [0.2, 0.25) is 0 Å². The zero-order valence-electron chi connectivity index (χ0n) is 10.9. The van der Waals surface area contributed by atoms with Crippen LogP contribution in [0.15, 0.2) is 0 Å². The van der Waals surface area contributed by atoms with E-state index >= 15 is 0 Å². The molecule has 1 unspecified atom stereocenters. The van der Waals surface area contributed by atoms with E-state index in [9.17, 15) is 14.2 Å². The van der Waals surface area contributed by atoms with E-state index in [1.807, 2.05) is 0 Å². The number of rotatable bonds is 5. The van der Waals surface area contributed by atoms with E-state index in [1.165, 1.54) is 0 Å². The fraction of sp³-hybridized carbons (Fsp3) is 0.778. The van der Waals surface area contributed by atoms with Gasteiger partial charge in [-0.2, -0.15) is 0 Å². The Balaban J connectivity index is 5.18. The van der Waals surface area contributed by atoms with E-state index in [-0.39, 0.29) is 0 Å². The summed E-state index contributed by atoms with van der Waals surface area (Å²) in [5.74, 6) is -2.48. The lowest BCUT2D eigenvalue weighted by molar-refractivity contribution is -0.155. The van der Waals surface area contributed by atoms with Crippen LogP contribution in [0.1, 0.15) is 20.8 Å². The number of amides is 1. The van der Waals surface area contributed by atoms with Crippen LogP contribution in [-0.4, -0.2) is 36.8 Å². The lowest BCUT2D eigenvalue weighted by atomic mass is 10.2. The molecule has 1 N–H and O–H groups in total. The molecule has 0 aromatic carbocycles. The van der Waals surface area contributed by atoms with E-state index in [2.05, 4.69) is 27.0 Å². The summed E-state index contributed by atoms with van der Waals surface area (Å²) in [6.45, 7) is 4.90. The van der Waals surface area contributed by atoms with Crippen molar-refractivity contribution >= 4 is 31.4 Å². The number of thiol groups is 1. The maximum absolute atomic E-state index is 12.1. The Bertz CT molecular complexity index is 359. The number of hydrogen-bond acceptors (Lipinski definition) is 6. The molecule has 106 valence electrons. The molecule has 0 radical (unpaired) electrons. The van der Waals surface area contributed by atoms with Crippen molar-refractivity contribution in [2.75, 3.05) is 14.2 Å². The predicted octanol–water partition coefficient (Wildman–Crippen LogP) is 1.78. The first-order valence-electron chi connectivity index (χ1n) is 4.99. The van der Waals surface area contributed by atoms with Gasteiger partial charge < -0.3 is 19.1 Å². The van der Waals surface area contributed by atoms with Gasteiger partial charge in [0.15, 0.2) is 0 Å². The zero-order valence-corrected chi connectivity index (χ0v) is 12.7. The van der Waals surface area contributed by atoms with Crippen molar-refractivity contribution in [3.05, 3.63) is 0 Å². The van der Waals surface area contributed by atoms with Crippen molar-refractivity contribution in [1.29, 1.82) is 0 Å². The molecule has 0 bridgehead atoms. The zero-order chi connectivity index (χ0) is 14.6. The fourth-order valence-corrected chi connectivity index (χ4v) is 2.41. The van der Waals surface area contributed by atoms with Crippen LogP contribution in [0.3, 0.4) is 0 Å². The van der Waals surface area contributed by atoms with Crippen LogP contribution in [0.4, 0.5) is 4.79 Å². The van der Waals surface area contributed by atoms with Gasteiger partial charge in [-0.05, 0) is 20.8 Å². The van der Waals surface area contributed by atoms with Gasteiger partial charge >= 0.3 is 13.6 Å². The molecule has 0 aliphatic rings. The molecule has 0 saturated carbocycles. The summed E-state index contributed by atoms with van der Waals surface area (Å²) in [5.41, 5.74) is -0.803. The van der Waals surface area contributed by atoms with E-state index < -0.39 is 30.2 Å². The monoisotopic (exact) mass is 299 g/mol. The Morgan fingerprint density at radius 1 is 1.22 bits per heavy atom. The van der Waals surface area contributed by atoms with Crippen LogP contribution in [0, 0.1) is 0 Å². The van der Waals surface area contributed by atoms with Gasteiger partial charge in [0.1, 0.15) is 5.60 Å². The Labute approximate surface area is 111 Å². The highest BCUT2D eigenvalue weighted by molar-refractivity contribution is 7.96. The van der Waals surface area contributed by atoms with Gasteiger partial charge in [-0.15, -0.1) is 0 Å². The van der Waals surface area contributed by atoms with Gasteiger partial charge in [-0.3, -0.25) is 9.36 Å². The Kier molecular flexibility index (Phi) is 6.36. The van der Waals surface area contributed by atoms with E-state index in [1.54, 1.807) is 20.8 Å². The number of ether oxygens (including phenoxy) is 1. The second-order valence-electron chi connectivity index (χ2n) is 4.29. The molecule has 7 nitrogen and oxygen atoms in total. The van der Waals surface area contributed by atoms with Crippen molar-refractivity contribution in [1.82, 2.24) is 5.32 Å². The topological polar surface area (TPSA) is 90.9 Å². The normalized spacial score (nSPS) is 13.9. The molecule has 0 rings (SSSR count). The maximum atomic E-state index is 12.1. The first kappa shape index (κ1) is 17.4. The smallest absolute Gasteiger partial charge is 0.363 e. The van der Waals surface area contributed by atoms with Crippen molar-refractivity contribution < 1.29 is 27.9 Å². The minimum atomic E-state index is -3.84. The Morgan fingerprint density at radius 3 is 1.94 bits per heavy atom. The summed E-state index contributed by atoms with van der Waals surface area (Å²) in [7, 11) is -1.64. The number of carbonyl (C=O) groups is 2.